The third kappa shape index (κ3) is 5.37. The Bertz CT molecular complexity index is 1690. The number of nitrogens with zero attached hydrogens (tertiary/aromatic N) is 3. The van der Waals surface area contributed by atoms with Gasteiger partial charge in [-0.15, -0.1) is 23.1 Å². The van der Waals surface area contributed by atoms with Crippen molar-refractivity contribution >= 4 is 63.4 Å². The molecule has 1 saturated heterocycles. The minimum Gasteiger partial charge on any atom is -0.383 e. The van der Waals surface area contributed by atoms with Crippen LogP contribution in [0.2, 0.25) is 0 Å². The molecule has 0 bridgehead atoms. The number of fused-ring (bicyclic) bond motifs is 1. The van der Waals surface area contributed by atoms with Crippen LogP contribution in [0, 0.1) is 0 Å². The maximum atomic E-state index is 13.7. The Kier molecular flexibility index (Phi) is 8.23. The number of halogens is 1. The number of nitrogens with two attached hydrogens (primary N) is 2. The standard InChI is InChI=1S/C31H24ClN5O5S2/c32-24-26(37-22(38)16-23(37)44-27(24)33)29(40)41-28(39)25(21-17-43-30(34)35-21)36-42-31(18-10-4-1-5-11-18,19-12-6-2-7-13-19)20-14-8-3-9-15-20/h1-15,17,23,27H,16,33H2,(H2,34,35)/b36-25-/t23-,27?/m1/s1. The molecule has 0 saturated carbocycles. The minimum absolute atomic E-state index is 0.0299. The van der Waals surface area contributed by atoms with E-state index in [1.54, 1.807) is 0 Å². The molecule has 3 aromatic carbocycles. The van der Waals surface area contributed by atoms with Crippen molar-refractivity contribution in [2.75, 3.05) is 5.73 Å². The number of aromatic nitrogens is 1. The Hall–Kier alpha value is -4.49. The molecule has 1 fully saturated rings. The Morgan fingerprint density at radius 2 is 1.50 bits per heavy atom. The average Bonchev–Trinajstić information content (AvgIpc) is 3.47. The lowest BCUT2D eigenvalue weighted by atomic mass is 9.80. The van der Waals surface area contributed by atoms with Gasteiger partial charge in [0.15, 0.2) is 5.13 Å². The molecule has 44 heavy (non-hydrogen) atoms. The lowest BCUT2D eigenvalue weighted by molar-refractivity contribution is -0.157. The first-order valence-electron chi connectivity index (χ1n) is 13.3. The van der Waals surface area contributed by atoms with Crippen LogP contribution < -0.4 is 11.5 Å². The molecule has 1 unspecified atom stereocenters. The first-order valence-corrected chi connectivity index (χ1v) is 15.5. The van der Waals surface area contributed by atoms with Crippen molar-refractivity contribution in [2.24, 2.45) is 10.9 Å². The molecule has 13 heteroatoms. The summed E-state index contributed by atoms with van der Waals surface area (Å²) in [6.07, 6.45) is 0.187. The smallest absolute Gasteiger partial charge is 0.370 e. The highest BCUT2D eigenvalue weighted by atomic mass is 35.5. The van der Waals surface area contributed by atoms with Gasteiger partial charge in [-0.05, 0) is 0 Å². The largest absolute Gasteiger partial charge is 0.383 e. The molecule has 0 spiro atoms. The number of hydrogen-bond acceptors (Lipinski definition) is 11. The quantitative estimate of drug-likeness (QED) is 0.0702. The summed E-state index contributed by atoms with van der Waals surface area (Å²) >= 11 is 8.64. The molecule has 2 aliphatic rings. The summed E-state index contributed by atoms with van der Waals surface area (Å²) < 4.78 is 5.25. The van der Waals surface area contributed by atoms with Gasteiger partial charge in [0.05, 0.1) is 22.2 Å². The number of amides is 1. The van der Waals surface area contributed by atoms with Gasteiger partial charge in [0.25, 0.3) is 0 Å². The number of rotatable bonds is 8. The molecule has 2 aliphatic heterocycles. The number of thiazole rings is 1. The summed E-state index contributed by atoms with van der Waals surface area (Å²) in [6, 6.07) is 28.2. The van der Waals surface area contributed by atoms with Crippen molar-refractivity contribution in [3.05, 3.63) is 129 Å². The van der Waals surface area contributed by atoms with E-state index in [9.17, 15) is 14.4 Å². The summed E-state index contributed by atoms with van der Waals surface area (Å²) in [5.41, 5.74) is 12.1. The number of carbonyl (C=O) groups is 3. The number of β-lactam (4-membered cyclic amide) rings is 1. The van der Waals surface area contributed by atoms with E-state index < -0.39 is 28.6 Å². The summed E-state index contributed by atoms with van der Waals surface area (Å²) in [5, 5.41) is 4.73. The second-order valence-corrected chi connectivity index (χ2v) is 12.4. The zero-order valence-corrected chi connectivity index (χ0v) is 25.2. The zero-order chi connectivity index (χ0) is 30.8. The van der Waals surface area contributed by atoms with E-state index in [0.717, 1.165) is 28.0 Å². The van der Waals surface area contributed by atoms with E-state index in [4.69, 9.17) is 32.6 Å². The van der Waals surface area contributed by atoms with E-state index in [-0.39, 0.29) is 39.3 Å². The summed E-state index contributed by atoms with van der Waals surface area (Å²) in [4.78, 5) is 51.1. The Morgan fingerprint density at radius 1 is 0.955 bits per heavy atom. The minimum atomic E-state index is -1.34. The molecule has 2 atom stereocenters. The highest BCUT2D eigenvalue weighted by molar-refractivity contribution is 8.00. The molecule has 0 radical (unpaired) electrons. The van der Waals surface area contributed by atoms with Crippen molar-refractivity contribution in [3.8, 4) is 0 Å². The normalized spacial score (nSPS) is 18.4. The highest BCUT2D eigenvalue weighted by Crippen LogP contribution is 2.44. The molecular weight excluding hydrogens is 622 g/mol. The number of oxime groups is 1. The van der Waals surface area contributed by atoms with Gasteiger partial charge in [0.1, 0.15) is 11.4 Å². The third-order valence-corrected chi connectivity index (χ3v) is 9.52. The van der Waals surface area contributed by atoms with Crippen LogP contribution in [0.15, 0.2) is 112 Å². The molecule has 0 aliphatic carbocycles. The van der Waals surface area contributed by atoms with Crippen molar-refractivity contribution in [1.82, 2.24) is 9.88 Å². The van der Waals surface area contributed by atoms with Crippen LogP contribution >= 0.6 is 34.7 Å². The van der Waals surface area contributed by atoms with Crippen LogP contribution in [-0.4, -0.2) is 44.2 Å². The molecule has 222 valence electrons. The number of anilines is 1. The number of thioether (sulfide) groups is 1. The van der Waals surface area contributed by atoms with Gasteiger partial charge >= 0.3 is 11.9 Å². The van der Waals surface area contributed by atoms with Gasteiger partial charge in [-0.25, -0.2) is 14.6 Å². The summed E-state index contributed by atoms with van der Waals surface area (Å²) in [5.74, 6) is -2.67. The lowest BCUT2D eigenvalue weighted by Gasteiger charge is -2.44. The van der Waals surface area contributed by atoms with E-state index in [1.807, 2.05) is 91.0 Å². The SMILES string of the molecule is Nc1nc(/C(=N/OC(c2ccccc2)(c2ccccc2)c2ccccc2)C(=O)OC(=O)C2=C(Cl)C(N)S[C@@H]3CC(=O)N23)cs1. The first kappa shape index (κ1) is 29.6. The van der Waals surface area contributed by atoms with Crippen molar-refractivity contribution in [2.45, 2.75) is 22.8 Å². The van der Waals surface area contributed by atoms with E-state index in [1.165, 1.54) is 22.0 Å². The van der Waals surface area contributed by atoms with Crippen molar-refractivity contribution in [1.29, 1.82) is 0 Å². The number of ether oxygens (including phenoxy) is 1. The Balaban J connectivity index is 1.44. The Morgan fingerprint density at radius 3 is 1.98 bits per heavy atom. The molecule has 3 heterocycles. The fraction of sp³-hybridized carbons (Fsp3) is 0.129. The van der Waals surface area contributed by atoms with Crippen LogP contribution in [0.5, 0.6) is 0 Å². The average molecular weight is 646 g/mol. The van der Waals surface area contributed by atoms with Gasteiger partial charge in [0.2, 0.25) is 17.2 Å². The number of esters is 2. The summed E-state index contributed by atoms with van der Waals surface area (Å²) in [6.45, 7) is 0. The molecule has 1 amide bonds. The Labute approximate surface area is 265 Å². The van der Waals surface area contributed by atoms with Gasteiger partial charge in [0, 0.05) is 22.1 Å². The van der Waals surface area contributed by atoms with Crippen LogP contribution in [0.4, 0.5) is 5.13 Å². The fourth-order valence-corrected chi connectivity index (χ4v) is 7.02. The molecule has 4 aromatic rings. The molecule has 6 rings (SSSR count). The third-order valence-electron chi connectivity index (χ3n) is 7.08. The first-order chi connectivity index (χ1) is 21.3. The molecule has 10 nitrogen and oxygen atoms in total. The van der Waals surface area contributed by atoms with Gasteiger partial charge in [-0.1, -0.05) is 108 Å². The predicted molar refractivity (Wildman–Crippen MR) is 168 cm³/mol. The van der Waals surface area contributed by atoms with Crippen LogP contribution in [-0.2, 0) is 29.6 Å². The van der Waals surface area contributed by atoms with E-state index in [2.05, 4.69) is 10.1 Å². The van der Waals surface area contributed by atoms with Gasteiger partial charge in [-0.2, -0.15) is 0 Å². The van der Waals surface area contributed by atoms with E-state index >= 15 is 0 Å². The van der Waals surface area contributed by atoms with Crippen LogP contribution in [0.25, 0.3) is 0 Å². The zero-order valence-electron chi connectivity index (χ0n) is 22.8. The summed E-state index contributed by atoms with van der Waals surface area (Å²) in [7, 11) is 0. The van der Waals surface area contributed by atoms with Gasteiger partial charge in [-0.3, -0.25) is 9.69 Å². The maximum absolute atomic E-state index is 13.7. The molecular formula is C31H24ClN5O5S2. The second kappa shape index (κ2) is 12.2. The van der Waals surface area contributed by atoms with E-state index in [0.29, 0.717) is 0 Å². The molecule has 1 aromatic heterocycles. The number of carbonyl (C=O) groups excluding carboxylic acids is 3. The van der Waals surface area contributed by atoms with Crippen molar-refractivity contribution < 1.29 is 24.0 Å². The number of hydrogen-bond donors (Lipinski definition) is 2. The molecule has 4 N–H and O–H groups in total. The number of nitrogen functional groups attached to an aromatic ring is 1. The topological polar surface area (TPSA) is 150 Å². The second-order valence-electron chi connectivity index (χ2n) is 9.73. The monoisotopic (exact) mass is 645 g/mol. The fourth-order valence-electron chi connectivity index (χ4n) is 5.00. The van der Waals surface area contributed by atoms with Gasteiger partial charge < -0.3 is 21.0 Å². The van der Waals surface area contributed by atoms with Crippen LogP contribution in [0.1, 0.15) is 28.8 Å². The maximum Gasteiger partial charge on any atom is 0.370 e. The van der Waals surface area contributed by atoms with Crippen LogP contribution in [0.3, 0.4) is 0 Å². The number of benzene rings is 3. The predicted octanol–water partition coefficient (Wildman–Crippen LogP) is 4.55. The lowest BCUT2D eigenvalue weighted by Crippen LogP contribution is -2.56. The highest BCUT2D eigenvalue weighted by Gasteiger charge is 2.49. The van der Waals surface area contributed by atoms with Crippen molar-refractivity contribution in [3.63, 3.8) is 0 Å².